The zero-order chi connectivity index (χ0) is 27.9. The van der Waals surface area contributed by atoms with Gasteiger partial charge in [-0.3, -0.25) is 9.78 Å². The summed E-state index contributed by atoms with van der Waals surface area (Å²) in [5.41, 5.74) is -4.44. The van der Waals surface area contributed by atoms with Gasteiger partial charge in [-0.25, -0.2) is 18.1 Å². The molecule has 8 nitrogen and oxygen atoms in total. The van der Waals surface area contributed by atoms with Crippen LogP contribution in [0.15, 0.2) is 42.9 Å². The highest BCUT2D eigenvalue weighted by molar-refractivity contribution is 7.90. The minimum absolute atomic E-state index is 0.0392. The molecule has 0 amide bonds. The second-order valence-electron chi connectivity index (χ2n) is 8.77. The van der Waals surface area contributed by atoms with E-state index < -0.39 is 27.3 Å². The number of carbonyl (C=O) groups is 1. The average molecular weight is 562 g/mol. The Hall–Kier alpha value is -3.33. The average Bonchev–Trinajstić information content (AvgIpc) is 3.25. The molecule has 1 aliphatic rings. The van der Waals surface area contributed by atoms with E-state index in [1.54, 1.807) is 19.1 Å². The predicted molar refractivity (Wildman–Crippen MR) is 122 cm³/mol. The number of sulfonamides is 1. The van der Waals surface area contributed by atoms with Crippen LogP contribution in [0.4, 0.5) is 26.3 Å². The number of carbonyl (C=O) groups excluding carboxylic acids is 1. The van der Waals surface area contributed by atoms with Crippen molar-refractivity contribution in [2.24, 2.45) is 0 Å². The normalized spacial score (nSPS) is 16.1. The molecule has 0 radical (unpaired) electrons. The number of halogens is 6. The van der Waals surface area contributed by atoms with E-state index in [4.69, 9.17) is 0 Å². The lowest BCUT2D eigenvalue weighted by molar-refractivity contribution is -0.137. The summed E-state index contributed by atoms with van der Waals surface area (Å²) in [6, 6.07) is 5.35. The topological polar surface area (TPSA) is 98.0 Å². The summed E-state index contributed by atoms with van der Waals surface area (Å²) < 4.78 is 101. The summed E-state index contributed by atoms with van der Waals surface area (Å²) in [5.74, 6) is -0.410. The molecule has 0 spiro atoms. The Morgan fingerprint density at radius 2 is 1.66 bits per heavy atom. The van der Waals surface area contributed by atoms with Gasteiger partial charge in [0, 0.05) is 43.5 Å². The molecule has 1 aliphatic heterocycles. The largest absolute Gasteiger partial charge is 0.511 e. The zero-order valence-corrected chi connectivity index (χ0v) is 20.6. The molecule has 4 rings (SSSR count). The number of piperidine rings is 1. The van der Waals surface area contributed by atoms with E-state index in [0.717, 1.165) is 12.1 Å². The van der Waals surface area contributed by atoms with Crippen LogP contribution in [0.3, 0.4) is 0 Å². The van der Waals surface area contributed by atoms with Crippen molar-refractivity contribution in [3.63, 3.8) is 0 Å². The monoisotopic (exact) mass is 561 g/mol. The Morgan fingerprint density at radius 1 is 0.974 bits per heavy atom. The van der Waals surface area contributed by atoms with Crippen LogP contribution in [-0.2, 0) is 22.6 Å². The summed E-state index contributed by atoms with van der Waals surface area (Å²) in [5, 5.41) is 4.07. The van der Waals surface area contributed by atoms with Crippen LogP contribution < -0.4 is 0 Å². The fraction of sp³-hybridized carbons (Fsp3) is 0.391. The Morgan fingerprint density at radius 3 is 2.18 bits per heavy atom. The third kappa shape index (κ3) is 5.57. The van der Waals surface area contributed by atoms with Gasteiger partial charge in [0.2, 0.25) is 0 Å². The van der Waals surface area contributed by atoms with Crippen molar-refractivity contribution in [3.05, 3.63) is 70.9 Å². The highest BCUT2D eigenvalue weighted by Crippen LogP contribution is 2.33. The fourth-order valence-corrected chi connectivity index (χ4v) is 5.18. The van der Waals surface area contributed by atoms with E-state index in [0.29, 0.717) is 27.5 Å². The fourth-order valence-electron chi connectivity index (χ4n) is 4.19. The van der Waals surface area contributed by atoms with Gasteiger partial charge in [0.1, 0.15) is 0 Å². The lowest BCUT2D eigenvalue weighted by Crippen LogP contribution is -2.44. The first-order valence-corrected chi connectivity index (χ1v) is 12.7. The van der Waals surface area contributed by atoms with Crippen LogP contribution in [-0.4, -0.2) is 56.9 Å². The lowest BCUT2D eigenvalue weighted by Gasteiger charge is -2.31. The predicted octanol–water partition coefficient (Wildman–Crippen LogP) is 4.44. The second kappa shape index (κ2) is 10.1. The number of alkyl halides is 6. The molecule has 1 fully saturated rings. The van der Waals surface area contributed by atoms with E-state index in [2.05, 4.69) is 15.1 Å². The molecular formula is C23H21F6N5O3S. The molecule has 1 saturated heterocycles. The van der Waals surface area contributed by atoms with Crippen molar-refractivity contribution in [2.75, 3.05) is 13.1 Å². The number of pyridine rings is 2. The molecule has 3 aromatic heterocycles. The minimum atomic E-state index is -5.36. The number of Topliss-reactive ketones (excluding diaryl/α,β-unsaturated/α-hetero) is 1. The van der Waals surface area contributed by atoms with Gasteiger partial charge in [-0.2, -0.15) is 35.7 Å². The van der Waals surface area contributed by atoms with Crippen LogP contribution in [0, 0.1) is 6.92 Å². The molecule has 0 N–H and O–H groups in total. The zero-order valence-electron chi connectivity index (χ0n) is 19.8. The molecule has 0 bridgehead atoms. The van der Waals surface area contributed by atoms with Crippen LogP contribution in [0.5, 0.6) is 0 Å². The van der Waals surface area contributed by atoms with Gasteiger partial charge in [0.05, 0.1) is 23.0 Å². The maximum absolute atomic E-state index is 12.9. The summed E-state index contributed by atoms with van der Waals surface area (Å²) in [7, 11) is -5.36. The van der Waals surface area contributed by atoms with Gasteiger partial charge in [0.25, 0.3) is 0 Å². The Balaban J connectivity index is 1.39. The van der Waals surface area contributed by atoms with Crippen molar-refractivity contribution >= 4 is 15.8 Å². The number of hydrogen-bond donors (Lipinski definition) is 0. The SMILES string of the molecule is Cc1c(C(=O)Cc2ccc(C3CCN(S(=O)(=O)C(F)(F)F)CC3)nc2)cnn1-c1ccc(C(F)(F)F)cn1. The van der Waals surface area contributed by atoms with E-state index in [9.17, 15) is 39.6 Å². The first-order chi connectivity index (χ1) is 17.7. The first kappa shape index (κ1) is 27.7. The summed E-state index contributed by atoms with van der Waals surface area (Å²) in [4.78, 5) is 21.0. The molecule has 0 atom stereocenters. The Labute approximate surface area is 213 Å². The number of ketones is 1. The molecular weight excluding hydrogens is 540 g/mol. The molecule has 204 valence electrons. The van der Waals surface area contributed by atoms with Gasteiger partial charge < -0.3 is 0 Å². The van der Waals surface area contributed by atoms with Gasteiger partial charge in [0.15, 0.2) is 11.6 Å². The Bertz CT molecular complexity index is 1410. The van der Waals surface area contributed by atoms with Gasteiger partial charge in [-0.1, -0.05) is 6.07 Å². The van der Waals surface area contributed by atoms with Crippen molar-refractivity contribution in [2.45, 2.75) is 43.8 Å². The van der Waals surface area contributed by atoms with Gasteiger partial charge >= 0.3 is 21.7 Å². The third-order valence-electron chi connectivity index (χ3n) is 6.32. The van der Waals surface area contributed by atoms with Crippen LogP contribution in [0.2, 0.25) is 0 Å². The molecule has 4 heterocycles. The highest BCUT2D eigenvalue weighted by Gasteiger charge is 2.50. The van der Waals surface area contributed by atoms with Crippen molar-refractivity contribution in [1.29, 1.82) is 0 Å². The molecule has 15 heteroatoms. The van der Waals surface area contributed by atoms with Gasteiger partial charge in [-0.15, -0.1) is 0 Å². The standard InChI is InChI=1S/C23H21F6N5O3S/c1-14-18(13-32-34(14)21-5-3-17(12-31-21)22(24,25)26)20(35)10-15-2-4-19(30-11-15)16-6-8-33(9-7-16)38(36,37)23(27,28)29/h2-5,11-13,16H,6-10H2,1H3. The second-order valence-corrected chi connectivity index (χ2v) is 10.7. The van der Waals surface area contributed by atoms with E-state index in [-0.39, 0.29) is 55.4 Å². The van der Waals surface area contributed by atoms with Gasteiger partial charge in [-0.05, 0) is 43.5 Å². The van der Waals surface area contributed by atoms with E-state index in [1.807, 2.05) is 0 Å². The summed E-state index contributed by atoms with van der Waals surface area (Å²) >= 11 is 0. The summed E-state index contributed by atoms with van der Waals surface area (Å²) in [6.45, 7) is 1.04. The van der Waals surface area contributed by atoms with Crippen LogP contribution >= 0.6 is 0 Å². The molecule has 0 unspecified atom stereocenters. The molecule has 3 aromatic rings. The quantitative estimate of drug-likeness (QED) is 0.326. The van der Waals surface area contributed by atoms with Crippen molar-refractivity contribution < 1.29 is 39.6 Å². The smallest absolute Gasteiger partial charge is 0.294 e. The number of rotatable bonds is 6. The Kier molecular flexibility index (Phi) is 7.36. The van der Waals surface area contributed by atoms with Crippen molar-refractivity contribution in [1.82, 2.24) is 24.1 Å². The first-order valence-electron chi connectivity index (χ1n) is 11.3. The number of aromatic nitrogens is 4. The third-order valence-corrected chi connectivity index (χ3v) is 7.95. The maximum atomic E-state index is 12.9. The van der Waals surface area contributed by atoms with Crippen molar-refractivity contribution in [3.8, 4) is 5.82 Å². The molecule has 0 saturated carbocycles. The highest BCUT2D eigenvalue weighted by atomic mass is 32.2. The summed E-state index contributed by atoms with van der Waals surface area (Å²) in [6.07, 6.45) is -0.744. The molecule has 38 heavy (non-hydrogen) atoms. The lowest BCUT2D eigenvalue weighted by atomic mass is 9.93. The van der Waals surface area contributed by atoms with Crippen LogP contribution in [0.1, 0.15) is 51.6 Å². The number of hydrogen-bond acceptors (Lipinski definition) is 6. The van der Waals surface area contributed by atoms with Crippen LogP contribution in [0.25, 0.3) is 5.82 Å². The maximum Gasteiger partial charge on any atom is 0.511 e. The number of nitrogens with zero attached hydrogens (tertiary/aromatic N) is 5. The minimum Gasteiger partial charge on any atom is -0.294 e. The molecule has 0 aromatic carbocycles. The van der Waals surface area contributed by atoms with E-state index >= 15 is 0 Å². The molecule has 0 aliphatic carbocycles. The van der Waals surface area contributed by atoms with E-state index in [1.165, 1.54) is 17.1 Å².